The number of nitrogens with one attached hydrogen (secondary N) is 1. The Morgan fingerprint density at radius 2 is 1.73 bits per heavy atom. The normalized spacial score (nSPS) is 10.3. The molecule has 0 saturated carbocycles. The number of hydrogen-bond acceptors (Lipinski definition) is 5. The van der Waals surface area contributed by atoms with Gasteiger partial charge in [-0.1, -0.05) is 43.3 Å². The van der Waals surface area contributed by atoms with Crippen LogP contribution in [0.15, 0.2) is 66.0 Å². The summed E-state index contributed by atoms with van der Waals surface area (Å²) in [5.41, 5.74) is 2.32. The van der Waals surface area contributed by atoms with Gasteiger partial charge in [0.25, 0.3) is 11.8 Å². The van der Waals surface area contributed by atoms with E-state index in [1.54, 1.807) is 49.5 Å². The Labute approximate surface area is 179 Å². The van der Waals surface area contributed by atoms with Gasteiger partial charge in [0.15, 0.2) is 6.61 Å². The molecule has 7 heteroatoms. The van der Waals surface area contributed by atoms with Crippen molar-refractivity contribution in [3.63, 3.8) is 0 Å². The van der Waals surface area contributed by atoms with E-state index in [4.69, 9.17) is 4.74 Å². The van der Waals surface area contributed by atoms with Crippen LogP contribution >= 0.6 is 11.3 Å². The van der Waals surface area contributed by atoms with Crippen molar-refractivity contribution in [3.05, 3.63) is 82.0 Å². The van der Waals surface area contributed by atoms with Gasteiger partial charge in [0, 0.05) is 12.7 Å². The van der Waals surface area contributed by atoms with E-state index in [9.17, 15) is 14.4 Å². The number of anilines is 2. The minimum Gasteiger partial charge on any atom is -0.452 e. The largest absolute Gasteiger partial charge is 0.452 e. The lowest BCUT2D eigenvalue weighted by atomic mass is 10.1. The quantitative estimate of drug-likeness (QED) is 0.573. The molecule has 6 nitrogen and oxygen atoms in total. The summed E-state index contributed by atoms with van der Waals surface area (Å²) in [4.78, 5) is 39.5. The highest BCUT2D eigenvalue weighted by molar-refractivity contribution is 7.12. The van der Waals surface area contributed by atoms with Crippen molar-refractivity contribution in [2.75, 3.05) is 23.9 Å². The number of carbonyl (C=O) groups excluding carboxylic acids is 3. The summed E-state index contributed by atoms with van der Waals surface area (Å²) in [5.74, 6) is -1.32. The molecular formula is C23H22N2O4S. The van der Waals surface area contributed by atoms with E-state index < -0.39 is 18.5 Å². The van der Waals surface area contributed by atoms with Gasteiger partial charge < -0.3 is 15.0 Å². The molecule has 0 spiro atoms. The second-order valence-electron chi connectivity index (χ2n) is 6.49. The molecule has 154 valence electrons. The molecule has 3 rings (SSSR count). The van der Waals surface area contributed by atoms with Crippen LogP contribution in [-0.2, 0) is 16.0 Å². The third-order valence-corrected chi connectivity index (χ3v) is 5.39. The second-order valence-corrected chi connectivity index (χ2v) is 7.44. The van der Waals surface area contributed by atoms with Crippen LogP contribution in [0.5, 0.6) is 0 Å². The molecule has 0 unspecified atom stereocenters. The molecule has 0 fully saturated rings. The van der Waals surface area contributed by atoms with Crippen molar-refractivity contribution < 1.29 is 19.1 Å². The second kappa shape index (κ2) is 9.84. The van der Waals surface area contributed by atoms with Gasteiger partial charge in [-0.2, -0.15) is 0 Å². The molecule has 3 aromatic rings. The molecule has 0 bridgehead atoms. The Kier molecular flexibility index (Phi) is 6.98. The summed E-state index contributed by atoms with van der Waals surface area (Å²) < 4.78 is 5.21. The number of benzene rings is 2. The maximum absolute atomic E-state index is 12.6. The fourth-order valence-corrected chi connectivity index (χ4v) is 3.66. The van der Waals surface area contributed by atoms with Gasteiger partial charge in [-0.3, -0.25) is 9.59 Å². The average molecular weight is 423 g/mol. The smallest absolute Gasteiger partial charge is 0.340 e. The van der Waals surface area contributed by atoms with Crippen molar-refractivity contribution in [1.82, 2.24) is 0 Å². The van der Waals surface area contributed by atoms with E-state index in [0.717, 1.165) is 12.0 Å². The predicted octanol–water partition coefficient (Wildman–Crippen LogP) is 4.38. The summed E-state index contributed by atoms with van der Waals surface area (Å²) in [6.45, 7) is 1.57. The number of amides is 2. The molecule has 0 radical (unpaired) electrons. The molecule has 0 atom stereocenters. The summed E-state index contributed by atoms with van der Waals surface area (Å²) in [7, 11) is 1.60. The van der Waals surface area contributed by atoms with E-state index in [0.29, 0.717) is 16.3 Å². The molecule has 2 aromatic carbocycles. The lowest BCUT2D eigenvalue weighted by molar-refractivity contribution is -0.119. The van der Waals surface area contributed by atoms with Gasteiger partial charge in [0.1, 0.15) is 0 Å². The van der Waals surface area contributed by atoms with Crippen LogP contribution in [0, 0.1) is 0 Å². The molecule has 0 aliphatic carbocycles. The first-order chi connectivity index (χ1) is 14.5. The SMILES string of the molecule is CCc1ccccc1NC(=O)COC(=O)c1ccccc1N(C)C(=O)c1cccs1. The molecule has 0 aliphatic heterocycles. The number of aryl methyl sites for hydroxylation is 1. The summed E-state index contributed by atoms with van der Waals surface area (Å²) in [6.07, 6.45) is 0.772. The summed E-state index contributed by atoms with van der Waals surface area (Å²) in [5, 5.41) is 4.58. The van der Waals surface area contributed by atoms with E-state index >= 15 is 0 Å². The third-order valence-electron chi connectivity index (χ3n) is 4.53. The van der Waals surface area contributed by atoms with Crippen LogP contribution in [0.1, 0.15) is 32.5 Å². The number of ether oxygens (including phenoxy) is 1. The van der Waals surface area contributed by atoms with Crippen molar-refractivity contribution >= 4 is 40.5 Å². The Morgan fingerprint density at radius 3 is 2.47 bits per heavy atom. The first-order valence-corrected chi connectivity index (χ1v) is 10.3. The van der Waals surface area contributed by atoms with E-state index in [1.165, 1.54) is 16.2 Å². The third kappa shape index (κ3) is 4.93. The van der Waals surface area contributed by atoms with Crippen molar-refractivity contribution in [2.24, 2.45) is 0 Å². The number of carbonyl (C=O) groups is 3. The van der Waals surface area contributed by atoms with Crippen molar-refractivity contribution in [3.8, 4) is 0 Å². The van der Waals surface area contributed by atoms with Crippen LogP contribution in [0.2, 0.25) is 0 Å². The minimum absolute atomic E-state index is 0.215. The first kappa shape index (κ1) is 21.3. The van der Waals surface area contributed by atoms with Crippen LogP contribution in [-0.4, -0.2) is 31.4 Å². The lowest BCUT2D eigenvalue weighted by Gasteiger charge is -2.19. The highest BCUT2D eigenvalue weighted by Gasteiger charge is 2.21. The molecular weight excluding hydrogens is 400 g/mol. The Bertz CT molecular complexity index is 1050. The lowest BCUT2D eigenvalue weighted by Crippen LogP contribution is -2.28. The number of esters is 1. The summed E-state index contributed by atoms with van der Waals surface area (Å²) >= 11 is 1.33. The van der Waals surface area contributed by atoms with E-state index in [-0.39, 0.29) is 11.5 Å². The van der Waals surface area contributed by atoms with E-state index in [1.807, 2.05) is 30.5 Å². The van der Waals surface area contributed by atoms with Crippen molar-refractivity contribution in [1.29, 1.82) is 0 Å². The molecule has 2 amide bonds. The zero-order valence-electron chi connectivity index (χ0n) is 16.8. The first-order valence-electron chi connectivity index (χ1n) is 9.46. The number of hydrogen-bond donors (Lipinski definition) is 1. The average Bonchev–Trinajstić information content (AvgIpc) is 3.32. The molecule has 1 aromatic heterocycles. The Hall–Kier alpha value is -3.45. The molecule has 0 aliphatic rings. The minimum atomic E-state index is -0.671. The molecule has 30 heavy (non-hydrogen) atoms. The van der Waals surface area contributed by atoms with Gasteiger partial charge in [0.2, 0.25) is 0 Å². The Balaban J connectivity index is 1.67. The van der Waals surface area contributed by atoms with Gasteiger partial charge in [-0.25, -0.2) is 4.79 Å². The van der Waals surface area contributed by atoms with E-state index in [2.05, 4.69) is 5.32 Å². The number of thiophene rings is 1. The topological polar surface area (TPSA) is 75.7 Å². The highest BCUT2D eigenvalue weighted by atomic mass is 32.1. The maximum atomic E-state index is 12.6. The number of rotatable bonds is 7. The Morgan fingerprint density at radius 1 is 1.00 bits per heavy atom. The zero-order valence-corrected chi connectivity index (χ0v) is 17.6. The molecule has 1 heterocycles. The van der Waals surface area contributed by atoms with Crippen molar-refractivity contribution in [2.45, 2.75) is 13.3 Å². The molecule has 0 saturated heterocycles. The van der Waals surface area contributed by atoms with Gasteiger partial charge in [0.05, 0.1) is 16.1 Å². The summed E-state index contributed by atoms with van der Waals surface area (Å²) in [6, 6.07) is 17.6. The van der Waals surface area contributed by atoms with Crippen LogP contribution in [0.3, 0.4) is 0 Å². The number of para-hydroxylation sites is 2. The van der Waals surface area contributed by atoms with Crippen LogP contribution < -0.4 is 10.2 Å². The zero-order chi connectivity index (χ0) is 21.5. The standard InChI is InChI=1S/C23H22N2O4S/c1-3-16-9-4-6-11-18(16)24-21(26)15-29-23(28)17-10-5-7-12-19(17)25(2)22(27)20-13-8-14-30-20/h4-14H,3,15H2,1-2H3,(H,24,26). The number of nitrogens with zero attached hydrogens (tertiary/aromatic N) is 1. The van der Waals surface area contributed by atoms with Gasteiger partial charge in [-0.15, -0.1) is 11.3 Å². The van der Waals surface area contributed by atoms with Gasteiger partial charge >= 0.3 is 5.97 Å². The monoisotopic (exact) mass is 422 g/mol. The highest BCUT2D eigenvalue weighted by Crippen LogP contribution is 2.23. The predicted molar refractivity (Wildman–Crippen MR) is 118 cm³/mol. The van der Waals surface area contributed by atoms with Crippen LogP contribution in [0.25, 0.3) is 0 Å². The fraction of sp³-hybridized carbons (Fsp3) is 0.174. The van der Waals surface area contributed by atoms with Gasteiger partial charge in [-0.05, 0) is 41.6 Å². The maximum Gasteiger partial charge on any atom is 0.340 e. The van der Waals surface area contributed by atoms with Crippen LogP contribution in [0.4, 0.5) is 11.4 Å². The fourth-order valence-electron chi connectivity index (χ4n) is 2.96. The molecule has 1 N–H and O–H groups in total.